The average Bonchev–Trinajstić information content (AvgIpc) is 2.13. The minimum Gasteiger partial charge on any atom is -0.457 e. The number of aliphatic hydroxyl groups is 2. The summed E-state index contributed by atoms with van der Waals surface area (Å²) in [4.78, 5) is 11.4. The first kappa shape index (κ1) is 15.6. The molecule has 1 aliphatic heterocycles. The number of ether oxygens (including phenoxy) is 1. The predicted molar refractivity (Wildman–Crippen MR) is 69.4 cm³/mol. The van der Waals surface area contributed by atoms with E-state index in [1.165, 1.54) is 0 Å². The van der Waals surface area contributed by atoms with Gasteiger partial charge in [0.2, 0.25) is 0 Å². The van der Waals surface area contributed by atoms with Crippen molar-refractivity contribution in [2.75, 3.05) is 0 Å². The summed E-state index contributed by atoms with van der Waals surface area (Å²) in [6.07, 6.45) is -2.26. The second-order valence-corrected chi connectivity index (χ2v) is 11.1. The van der Waals surface area contributed by atoms with Crippen molar-refractivity contribution in [1.82, 2.24) is 0 Å². The number of hydrogen-bond acceptors (Lipinski definition) is 5. The fraction of sp³-hybridized carbons (Fsp3) is 0.917. The van der Waals surface area contributed by atoms with E-state index in [1.807, 2.05) is 0 Å². The van der Waals surface area contributed by atoms with Gasteiger partial charge < -0.3 is 19.4 Å². The van der Waals surface area contributed by atoms with Crippen LogP contribution in [0.1, 0.15) is 33.6 Å². The molecule has 0 aliphatic carbocycles. The van der Waals surface area contributed by atoms with E-state index in [4.69, 9.17) is 19.4 Å². The smallest absolute Gasteiger partial charge is 0.308 e. The van der Waals surface area contributed by atoms with Gasteiger partial charge in [-0.1, -0.05) is 20.8 Å². The van der Waals surface area contributed by atoms with Crippen LogP contribution in [0.3, 0.4) is 0 Å². The molecule has 5 nitrogen and oxygen atoms in total. The highest BCUT2D eigenvalue weighted by Crippen LogP contribution is 2.38. The summed E-state index contributed by atoms with van der Waals surface area (Å²) in [6.45, 7) is 10.6. The maximum atomic E-state index is 11.4. The van der Waals surface area contributed by atoms with E-state index < -0.39 is 26.7 Å². The highest BCUT2D eigenvalue weighted by molar-refractivity contribution is 6.74. The molecule has 6 heteroatoms. The van der Waals surface area contributed by atoms with E-state index in [9.17, 15) is 4.79 Å². The highest BCUT2D eigenvalue weighted by Gasteiger charge is 2.42. The molecule has 0 unspecified atom stereocenters. The molecule has 0 aromatic carbocycles. The fourth-order valence-electron chi connectivity index (χ4n) is 1.66. The molecule has 1 fully saturated rings. The average molecular weight is 276 g/mol. The van der Waals surface area contributed by atoms with Crippen molar-refractivity contribution in [3.8, 4) is 0 Å². The lowest BCUT2D eigenvalue weighted by atomic mass is 10.1. The first-order chi connectivity index (χ1) is 8.03. The molecule has 1 saturated heterocycles. The van der Waals surface area contributed by atoms with E-state index in [0.29, 0.717) is 6.42 Å². The summed E-state index contributed by atoms with van der Waals surface area (Å²) < 4.78 is 11.0. The Bertz CT molecular complexity index is 308. The largest absolute Gasteiger partial charge is 0.457 e. The molecule has 2 atom stereocenters. The molecule has 0 spiro atoms. The van der Waals surface area contributed by atoms with Crippen molar-refractivity contribution >= 4 is 14.3 Å². The van der Waals surface area contributed by atoms with E-state index in [1.54, 1.807) is 0 Å². The van der Waals surface area contributed by atoms with Crippen LogP contribution >= 0.6 is 0 Å². The molecule has 0 radical (unpaired) electrons. The first-order valence-corrected chi connectivity index (χ1v) is 9.17. The topological polar surface area (TPSA) is 76.0 Å². The van der Waals surface area contributed by atoms with Crippen molar-refractivity contribution in [2.45, 2.75) is 70.2 Å². The quantitative estimate of drug-likeness (QED) is 0.463. The fourth-order valence-corrected chi connectivity index (χ4v) is 3.03. The van der Waals surface area contributed by atoms with Crippen LogP contribution in [-0.2, 0) is 14.0 Å². The van der Waals surface area contributed by atoms with Crippen LogP contribution in [-0.4, -0.2) is 43.0 Å². The van der Waals surface area contributed by atoms with E-state index in [0.717, 1.165) is 0 Å². The zero-order valence-corrected chi connectivity index (χ0v) is 12.8. The molecule has 106 valence electrons. The van der Waals surface area contributed by atoms with Gasteiger partial charge in [-0.25, -0.2) is 0 Å². The Balaban J connectivity index is 2.70. The van der Waals surface area contributed by atoms with Crippen LogP contribution in [0.2, 0.25) is 18.1 Å². The molecular formula is C12H24O5Si. The third kappa shape index (κ3) is 3.78. The minimum absolute atomic E-state index is 0.0572. The Morgan fingerprint density at radius 1 is 1.39 bits per heavy atom. The molecule has 0 aromatic heterocycles. The van der Waals surface area contributed by atoms with Gasteiger partial charge in [0.15, 0.2) is 20.7 Å². The maximum Gasteiger partial charge on any atom is 0.308 e. The number of cyclic esters (lactones) is 1. The van der Waals surface area contributed by atoms with Gasteiger partial charge in [-0.15, -0.1) is 0 Å². The van der Waals surface area contributed by atoms with Crippen molar-refractivity contribution in [1.29, 1.82) is 0 Å². The molecule has 0 amide bonds. The zero-order valence-electron chi connectivity index (χ0n) is 11.8. The predicted octanol–water partition coefficient (Wildman–Crippen LogP) is 1.39. The molecule has 0 bridgehead atoms. The molecule has 1 aliphatic rings. The molecule has 2 N–H and O–H groups in total. The summed E-state index contributed by atoms with van der Waals surface area (Å²) in [5.74, 6) is -0.428. The van der Waals surface area contributed by atoms with Gasteiger partial charge in [0, 0.05) is 6.42 Å². The number of aliphatic hydroxyl groups excluding tert-OH is 1. The second-order valence-electron chi connectivity index (χ2n) is 6.38. The summed E-state index contributed by atoms with van der Waals surface area (Å²) in [6, 6.07) is 0. The van der Waals surface area contributed by atoms with Crippen LogP contribution in [0.25, 0.3) is 0 Å². The normalized spacial score (nSPS) is 26.3. The number of esters is 1. The molecule has 0 aromatic rings. The van der Waals surface area contributed by atoms with Gasteiger partial charge >= 0.3 is 5.97 Å². The Kier molecular flexibility index (Phi) is 4.59. The van der Waals surface area contributed by atoms with Gasteiger partial charge in [-0.05, 0) is 18.1 Å². The Labute approximate surface area is 109 Å². The zero-order chi connectivity index (χ0) is 14.1. The molecular weight excluding hydrogens is 252 g/mol. The number of rotatable bonds is 3. The number of hydrogen-bond donors (Lipinski definition) is 2. The van der Waals surface area contributed by atoms with Crippen molar-refractivity contribution in [3.63, 3.8) is 0 Å². The van der Waals surface area contributed by atoms with Crippen LogP contribution in [0.15, 0.2) is 0 Å². The first-order valence-electron chi connectivity index (χ1n) is 6.26. The van der Waals surface area contributed by atoms with Crippen LogP contribution < -0.4 is 0 Å². The third-order valence-electron chi connectivity index (χ3n) is 3.77. The van der Waals surface area contributed by atoms with Gasteiger partial charge in [0.05, 0.1) is 12.5 Å². The van der Waals surface area contributed by atoms with E-state index in [-0.39, 0.29) is 17.6 Å². The minimum atomic E-state index is -1.96. The summed E-state index contributed by atoms with van der Waals surface area (Å²) in [5, 5.41) is 18.3. The van der Waals surface area contributed by atoms with Gasteiger partial charge in [-0.3, -0.25) is 4.79 Å². The van der Waals surface area contributed by atoms with Crippen LogP contribution in [0, 0.1) is 0 Å². The van der Waals surface area contributed by atoms with Crippen molar-refractivity contribution in [2.24, 2.45) is 0 Å². The lowest BCUT2D eigenvalue weighted by Gasteiger charge is -2.41. The maximum absolute atomic E-state index is 11.4. The Hall–Kier alpha value is -0.433. The second kappa shape index (κ2) is 5.28. The Morgan fingerprint density at radius 3 is 2.39 bits per heavy atom. The lowest BCUT2D eigenvalue weighted by Crippen LogP contribution is -2.48. The molecule has 1 heterocycles. The molecule has 18 heavy (non-hydrogen) atoms. The summed E-state index contributed by atoms with van der Waals surface area (Å²) >= 11 is 0. The monoisotopic (exact) mass is 276 g/mol. The van der Waals surface area contributed by atoms with E-state index >= 15 is 0 Å². The summed E-state index contributed by atoms with van der Waals surface area (Å²) in [5.41, 5.74) is 0. The molecule has 0 saturated carbocycles. The number of carbonyl (C=O) groups is 1. The van der Waals surface area contributed by atoms with Crippen molar-refractivity contribution in [3.05, 3.63) is 0 Å². The highest BCUT2D eigenvalue weighted by atomic mass is 28.4. The third-order valence-corrected chi connectivity index (χ3v) is 8.31. The van der Waals surface area contributed by atoms with Crippen LogP contribution in [0.4, 0.5) is 0 Å². The SMILES string of the molecule is CC(C)(C)[Si](C)(C)O[C@H]1CC(=O)O[C@H](C(O)O)C1. The Morgan fingerprint density at radius 2 is 1.94 bits per heavy atom. The van der Waals surface area contributed by atoms with Gasteiger partial charge in [0.1, 0.15) is 0 Å². The van der Waals surface area contributed by atoms with Gasteiger partial charge in [0.25, 0.3) is 0 Å². The molecule has 1 rings (SSSR count). The lowest BCUT2D eigenvalue weighted by molar-refractivity contribution is -0.191. The number of carbonyl (C=O) groups excluding carboxylic acids is 1. The van der Waals surface area contributed by atoms with E-state index in [2.05, 4.69) is 33.9 Å². The standard InChI is InChI=1S/C12H24O5Si/c1-12(2,3)18(4,5)17-8-6-9(11(14)15)16-10(13)7-8/h8-9,11,14-15H,6-7H2,1-5H3/t8-,9+/m1/s1. The van der Waals surface area contributed by atoms with Crippen LogP contribution in [0.5, 0.6) is 0 Å². The van der Waals surface area contributed by atoms with Crippen molar-refractivity contribution < 1.29 is 24.2 Å². The summed E-state index contributed by atoms with van der Waals surface area (Å²) in [7, 11) is -1.96. The van der Waals surface area contributed by atoms with Gasteiger partial charge in [-0.2, -0.15) is 0 Å².